The van der Waals surface area contributed by atoms with Crippen LogP contribution in [0.3, 0.4) is 0 Å². The van der Waals surface area contributed by atoms with E-state index in [0.29, 0.717) is 16.8 Å². The molecule has 0 fully saturated rings. The van der Waals surface area contributed by atoms with Crippen molar-refractivity contribution >= 4 is 17.4 Å². The summed E-state index contributed by atoms with van der Waals surface area (Å²) in [5.74, 6) is -0.297. The van der Waals surface area contributed by atoms with E-state index < -0.39 is 0 Å². The molecular weight excluding hydrogens is 246 g/mol. The Morgan fingerprint density at radius 3 is 2.84 bits per heavy atom. The van der Waals surface area contributed by atoms with Crippen molar-refractivity contribution < 1.29 is 10.0 Å². The van der Waals surface area contributed by atoms with Gasteiger partial charge in [-0.15, -0.1) is 0 Å². The molecule has 0 unspecified atom stereocenters. The van der Waals surface area contributed by atoms with Crippen LogP contribution in [0.1, 0.15) is 15.9 Å². The van der Waals surface area contributed by atoms with E-state index in [2.05, 4.69) is 15.4 Å². The van der Waals surface area contributed by atoms with Gasteiger partial charge in [-0.2, -0.15) is 5.10 Å². The molecule has 1 aromatic carbocycles. The molecule has 0 bridgehead atoms. The minimum absolute atomic E-state index is 0.0533. The van der Waals surface area contributed by atoms with Crippen LogP contribution in [0, 0.1) is 0 Å². The Morgan fingerprint density at radius 2 is 2.21 bits per heavy atom. The van der Waals surface area contributed by atoms with E-state index in [1.54, 1.807) is 31.3 Å². The number of hydrogen-bond acceptors (Lipinski definition) is 4. The van der Waals surface area contributed by atoms with Crippen molar-refractivity contribution in [1.82, 2.24) is 10.2 Å². The summed E-state index contributed by atoms with van der Waals surface area (Å²) in [6, 6.07) is 6.89. The predicted octanol–water partition coefficient (Wildman–Crippen LogP) is 0.781. The molecule has 98 valence electrons. The lowest BCUT2D eigenvalue weighted by Crippen LogP contribution is -2.28. The first-order valence-electron chi connectivity index (χ1n) is 5.49. The molecule has 0 atom stereocenters. The van der Waals surface area contributed by atoms with E-state index in [-0.39, 0.29) is 11.7 Å². The second-order valence-corrected chi connectivity index (χ2v) is 3.85. The largest absolute Gasteiger partial charge is 0.409 e. The summed E-state index contributed by atoms with van der Waals surface area (Å²) < 4.78 is 0. The van der Waals surface area contributed by atoms with Crippen molar-refractivity contribution in [2.24, 2.45) is 10.9 Å². The number of nitrogens with two attached hydrogens (primary N) is 1. The quantitative estimate of drug-likeness (QED) is 0.327. The third-order valence-corrected chi connectivity index (χ3v) is 2.70. The van der Waals surface area contributed by atoms with Gasteiger partial charge in [0.2, 0.25) is 0 Å². The lowest BCUT2D eigenvalue weighted by atomic mass is 10.1. The highest BCUT2D eigenvalue weighted by Gasteiger charge is 2.18. The first-order valence-corrected chi connectivity index (χ1v) is 5.49. The van der Waals surface area contributed by atoms with Crippen LogP contribution in [0.4, 0.5) is 5.69 Å². The molecule has 0 saturated heterocycles. The summed E-state index contributed by atoms with van der Waals surface area (Å²) in [6.45, 7) is 0. The number of H-pyrrole nitrogens is 1. The van der Waals surface area contributed by atoms with Crippen molar-refractivity contribution in [3.63, 3.8) is 0 Å². The molecule has 0 radical (unpaired) electrons. The van der Waals surface area contributed by atoms with E-state index in [1.807, 2.05) is 0 Å². The summed E-state index contributed by atoms with van der Waals surface area (Å²) in [4.78, 5) is 13.6. The van der Waals surface area contributed by atoms with Crippen molar-refractivity contribution in [1.29, 1.82) is 0 Å². The summed E-state index contributed by atoms with van der Waals surface area (Å²) in [5.41, 5.74) is 7.04. The maximum absolute atomic E-state index is 12.2. The van der Waals surface area contributed by atoms with Gasteiger partial charge in [-0.1, -0.05) is 17.3 Å². The number of aromatic amines is 1. The number of hydrogen-bond donors (Lipinski definition) is 3. The molecule has 7 nitrogen and oxygen atoms in total. The third-order valence-electron chi connectivity index (χ3n) is 2.70. The van der Waals surface area contributed by atoms with Crippen LogP contribution in [0.15, 0.2) is 41.8 Å². The van der Waals surface area contributed by atoms with E-state index in [4.69, 9.17) is 10.9 Å². The SMILES string of the molecule is CN(C(=O)c1cn[nH]c1)c1ccccc1C(N)=NO. The number of para-hydroxylation sites is 1. The van der Waals surface area contributed by atoms with Gasteiger partial charge in [0, 0.05) is 18.8 Å². The highest BCUT2D eigenvalue weighted by molar-refractivity contribution is 6.10. The number of amides is 1. The van der Waals surface area contributed by atoms with Gasteiger partial charge in [0.05, 0.1) is 17.4 Å². The van der Waals surface area contributed by atoms with E-state index in [9.17, 15) is 4.79 Å². The van der Waals surface area contributed by atoms with Crippen LogP contribution in [0.25, 0.3) is 0 Å². The van der Waals surface area contributed by atoms with E-state index in [1.165, 1.54) is 17.3 Å². The molecule has 0 aliphatic carbocycles. The normalized spacial score (nSPS) is 11.3. The van der Waals surface area contributed by atoms with E-state index >= 15 is 0 Å². The summed E-state index contributed by atoms with van der Waals surface area (Å²) >= 11 is 0. The van der Waals surface area contributed by atoms with Crippen LogP contribution in [0.2, 0.25) is 0 Å². The number of nitrogens with one attached hydrogen (secondary N) is 1. The number of nitrogens with zero attached hydrogens (tertiary/aromatic N) is 3. The van der Waals surface area contributed by atoms with Gasteiger partial charge in [0.25, 0.3) is 5.91 Å². The number of oxime groups is 1. The fraction of sp³-hybridized carbons (Fsp3) is 0.0833. The second kappa shape index (κ2) is 5.21. The smallest absolute Gasteiger partial charge is 0.261 e. The Labute approximate surface area is 109 Å². The molecule has 0 aliphatic heterocycles. The van der Waals surface area contributed by atoms with Crippen LogP contribution in [-0.4, -0.2) is 34.2 Å². The lowest BCUT2D eigenvalue weighted by molar-refractivity contribution is 0.0993. The van der Waals surface area contributed by atoms with Crippen molar-refractivity contribution in [2.75, 3.05) is 11.9 Å². The molecule has 1 aromatic heterocycles. The third kappa shape index (κ3) is 2.39. The zero-order valence-corrected chi connectivity index (χ0v) is 10.2. The molecule has 4 N–H and O–H groups in total. The first-order chi connectivity index (χ1) is 9.15. The fourth-order valence-electron chi connectivity index (χ4n) is 1.71. The maximum Gasteiger partial charge on any atom is 0.261 e. The van der Waals surface area contributed by atoms with Gasteiger partial charge in [-0.25, -0.2) is 0 Å². The van der Waals surface area contributed by atoms with E-state index in [0.717, 1.165) is 0 Å². The number of carbonyl (C=O) groups is 1. The number of anilines is 1. The van der Waals surface area contributed by atoms with Gasteiger partial charge in [0.1, 0.15) is 0 Å². The summed E-state index contributed by atoms with van der Waals surface area (Å²) in [5, 5.41) is 18.0. The topological polar surface area (TPSA) is 108 Å². The van der Waals surface area contributed by atoms with Crippen LogP contribution in [0.5, 0.6) is 0 Å². The number of aromatic nitrogens is 2. The van der Waals surface area contributed by atoms with Gasteiger partial charge < -0.3 is 15.8 Å². The zero-order valence-electron chi connectivity index (χ0n) is 10.2. The highest BCUT2D eigenvalue weighted by atomic mass is 16.4. The number of benzene rings is 1. The molecule has 0 saturated carbocycles. The highest BCUT2D eigenvalue weighted by Crippen LogP contribution is 2.20. The Kier molecular flexibility index (Phi) is 3.46. The molecule has 0 spiro atoms. The summed E-state index contributed by atoms with van der Waals surface area (Å²) in [7, 11) is 1.61. The molecule has 2 rings (SSSR count). The molecule has 2 aromatic rings. The lowest BCUT2D eigenvalue weighted by Gasteiger charge is -2.19. The maximum atomic E-state index is 12.2. The van der Waals surface area contributed by atoms with Gasteiger partial charge in [-0.05, 0) is 12.1 Å². The Morgan fingerprint density at radius 1 is 1.47 bits per heavy atom. The van der Waals surface area contributed by atoms with Crippen molar-refractivity contribution in [2.45, 2.75) is 0 Å². The van der Waals surface area contributed by atoms with Gasteiger partial charge in [0.15, 0.2) is 5.84 Å². The van der Waals surface area contributed by atoms with Crippen LogP contribution in [-0.2, 0) is 0 Å². The molecule has 19 heavy (non-hydrogen) atoms. The fourth-order valence-corrected chi connectivity index (χ4v) is 1.71. The molecule has 1 heterocycles. The second-order valence-electron chi connectivity index (χ2n) is 3.85. The predicted molar refractivity (Wildman–Crippen MR) is 70.3 cm³/mol. The molecule has 0 aliphatic rings. The number of rotatable bonds is 3. The standard InChI is InChI=1S/C12H13N5O2/c1-17(12(18)8-6-14-15-7-8)10-5-3-2-4-9(10)11(13)16-19/h2-7,19H,1H3,(H2,13,16)(H,14,15). The van der Waals surface area contributed by atoms with Crippen molar-refractivity contribution in [3.05, 3.63) is 47.8 Å². The van der Waals surface area contributed by atoms with Crippen molar-refractivity contribution in [3.8, 4) is 0 Å². The Hall–Kier alpha value is -2.83. The number of carbonyl (C=O) groups excluding carboxylic acids is 1. The first kappa shape index (κ1) is 12.6. The average Bonchev–Trinajstić information content (AvgIpc) is 2.99. The van der Waals surface area contributed by atoms with Crippen LogP contribution < -0.4 is 10.6 Å². The Balaban J connectivity index is 2.39. The zero-order chi connectivity index (χ0) is 13.8. The van der Waals surface area contributed by atoms with Gasteiger partial charge >= 0.3 is 0 Å². The number of amidine groups is 1. The molecule has 1 amide bonds. The Bertz CT molecular complexity index is 606. The summed E-state index contributed by atoms with van der Waals surface area (Å²) in [6.07, 6.45) is 2.94. The average molecular weight is 259 g/mol. The minimum atomic E-state index is -0.244. The minimum Gasteiger partial charge on any atom is -0.409 e. The van der Waals surface area contributed by atoms with Crippen LogP contribution >= 0.6 is 0 Å². The molecule has 7 heteroatoms. The van der Waals surface area contributed by atoms with Gasteiger partial charge in [-0.3, -0.25) is 9.89 Å². The monoisotopic (exact) mass is 259 g/mol. The molecular formula is C12H13N5O2.